The molecule has 0 aromatic rings. The summed E-state index contributed by atoms with van der Waals surface area (Å²) in [7, 11) is 0. The van der Waals surface area contributed by atoms with E-state index in [2.05, 4.69) is 11.2 Å². The number of amides is 3. The minimum atomic E-state index is -0.374. The second kappa shape index (κ2) is 3.94. The van der Waals surface area contributed by atoms with Crippen molar-refractivity contribution in [1.29, 1.82) is 0 Å². The van der Waals surface area contributed by atoms with Crippen LogP contribution < -0.4 is 5.32 Å². The number of imide groups is 1. The van der Waals surface area contributed by atoms with Crippen molar-refractivity contribution in [3.8, 4) is 12.3 Å². The van der Waals surface area contributed by atoms with E-state index in [0.717, 1.165) is 0 Å². The Morgan fingerprint density at radius 2 is 2.38 bits per heavy atom. The summed E-state index contributed by atoms with van der Waals surface area (Å²) in [4.78, 5) is 23.6. The van der Waals surface area contributed by atoms with Crippen LogP contribution >= 0.6 is 0 Å². The molecule has 4 heteroatoms. The van der Waals surface area contributed by atoms with Crippen LogP contribution in [0.5, 0.6) is 0 Å². The Morgan fingerprint density at radius 1 is 1.69 bits per heavy atom. The molecule has 0 aliphatic carbocycles. The highest BCUT2D eigenvalue weighted by Gasteiger charge is 2.26. The van der Waals surface area contributed by atoms with E-state index >= 15 is 0 Å². The fraction of sp³-hybridized carbons (Fsp3) is 0.556. The van der Waals surface area contributed by atoms with Gasteiger partial charge in [-0.2, -0.15) is 0 Å². The molecule has 1 rings (SSSR count). The lowest BCUT2D eigenvalue weighted by molar-refractivity contribution is -0.121. The molecule has 1 saturated heterocycles. The Kier molecular flexibility index (Phi) is 2.91. The molecular formula is C9H12N2O2. The lowest BCUT2D eigenvalue weighted by Gasteiger charge is -2.30. The first kappa shape index (κ1) is 9.59. The van der Waals surface area contributed by atoms with Crippen molar-refractivity contribution in [3.05, 3.63) is 0 Å². The summed E-state index contributed by atoms with van der Waals surface area (Å²) in [6, 6.07) is -0.575. The Balaban J connectivity index is 2.66. The van der Waals surface area contributed by atoms with E-state index in [1.807, 2.05) is 6.92 Å². The molecule has 1 atom stereocenters. The molecule has 0 radical (unpaired) electrons. The third kappa shape index (κ3) is 2.00. The van der Waals surface area contributed by atoms with Crippen LogP contribution in [0.15, 0.2) is 0 Å². The molecule has 3 amide bonds. The molecule has 1 heterocycles. The molecule has 0 aromatic carbocycles. The number of nitrogens with zero attached hydrogens (tertiary/aromatic N) is 1. The molecule has 0 spiro atoms. The van der Waals surface area contributed by atoms with Gasteiger partial charge in [-0.3, -0.25) is 10.1 Å². The summed E-state index contributed by atoms with van der Waals surface area (Å²) in [6.07, 6.45) is 6.30. The molecule has 1 fully saturated rings. The molecule has 0 bridgehead atoms. The molecule has 13 heavy (non-hydrogen) atoms. The molecule has 1 N–H and O–H groups in total. The van der Waals surface area contributed by atoms with E-state index in [-0.39, 0.29) is 18.0 Å². The standard InChI is InChI=1S/C9H12N2O2/c1-3-7(4-2)11-6-5-8(12)10-9(11)13/h1,7H,4-6H2,2H3,(H,10,12,13). The zero-order chi connectivity index (χ0) is 9.84. The number of carbonyl (C=O) groups is 2. The summed E-state index contributed by atoms with van der Waals surface area (Å²) in [6.45, 7) is 2.33. The minimum Gasteiger partial charge on any atom is -0.310 e. The Bertz CT molecular complexity index is 267. The highest BCUT2D eigenvalue weighted by Crippen LogP contribution is 2.08. The lowest BCUT2D eigenvalue weighted by atomic mass is 10.2. The van der Waals surface area contributed by atoms with Gasteiger partial charge in [-0.1, -0.05) is 12.8 Å². The van der Waals surface area contributed by atoms with Crippen molar-refractivity contribution in [3.63, 3.8) is 0 Å². The Morgan fingerprint density at radius 3 is 2.85 bits per heavy atom. The van der Waals surface area contributed by atoms with Crippen molar-refractivity contribution in [2.45, 2.75) is 25.8 Å². The largest absolute Gasteiger partial charge is 0.325 e. The van der Waals surface area contributed by atoms with Gasteiger partial charge in [0.05, 0.1) is 6.04 Å². The smallest absolute Gasteiger partial charge is 0.310 e. The van der Waals surface area contributed by atoms with E-state index in [9.17, 15) is 9.59 Å². The SMILES string of the molecule is C#CC(CC)N1CCC(=O)NC1=O. The predicted octanol–water partition coefficient (Wildman–Crippen LogP) is 0.340. The average molecular weight is 180 g/mol. The van der Waals surface area contributed by atoms with Crippen molar-refractivity contribution in [1.82, 2.24) is 10.2 Å². The lowest BCUT2D eigenvalue weighted by Crippen LogP contribution is -2.53. The molecule has 1 aliphatic heterocycles. The summed E-state index contributed by atoms with van der Waals surface area (Å²) >= 11 is 0. The van der Waals surface area contributed by atoms with Crippen LogP contribution in [0.2, 0.25) is 0 Å². The third-order valence-electron chi connectivity index (χ3n) is 2.04. The van der Waals surface area contributed by atoms with Gasteiger partial charge >= 0.3 is 6.03 Å². The summed E-state index contributed by atoms with van der Waals surface area (Å²) < 4.78 is 0. The van der Waals surface area contributed by atoms with Crippen molar-refractivity contribution < 1.29 is 9.59 Å². The van der Waals surface area contributed by atoms with Gasteiger partial charge in [-0.25, -0.2) is 4.79 Å². The topological polar surface area (TPSA) is 49.4 Å². The fourth-order valence-electron chi connectivity index (χ4n) is 1.30. The van der Waals surface area contributed by atoms with Gasteiger partial charge in [0.2, 0.25) is 5.91 Å². The summed E-state index contributed by atoms with van der Waals surface area (Å²) in [5, 5.41) is 2.23. The second-order valence-electron chi connectivity index (χ2n) is 2.89. The van der Waals surface area contributed by atoms with Crippen LogP contribution in [0, 0.1) is 12.3 Å². The van der Waals surface area contributed by atoms with E-state index in [0.29, 0.717) is 19.4 Å². The monoisotopic (exact) mass is 180 g/mol. The quantitative estimate of drug-likeness (QED) is 0.623. The van der Waals surface area contributed by atoms with Crippen LogP contribution in [-0.4, -0.2) is 29.4 Å². The summed E-state index contributed by atoms with van der Waals surface area (Å²) in [5.74, 6) is 2.29. The van der Waals surface area contributed by atoms with E-state index in [4.69, 9.17) is 6.42 Å². The molecule has 1 unspecified atom stereocenters. The molecule has 0 saturated carbocycles. The average Bonchev–Trinajstić information content (AvgIpc) is 2.10. The zero-order valence-corrected chi connectivity index (χ0v) is 7.54. The maximum atomic E-state index is 11.3. The molecular weight excluding hydrogens is 168 g/mol. The second-order valence-corrected chi connectivity index (χ2v) is 2.89. The minimum absolute atomic E-state index is 0.201. The van der Waals surface area contributed by atoms with Crippen molar-refractivity contribution in [2.75, 3.05) is 6.54 Å². The highest BCUT2D eigenvalue weighted by atomic mass is 16.2. The predicted molar refractivity (Wildman–Crippen MR) is 47.8 cm³/mol. The maximum absolute atomic E-state index is 11.3. The van der Waals surface area contributed by atoms with Gasteiger partial charge in [0.1, 0.15) is 0 Å². The molecule has 4 nitrogen and oxygen atoms in total. The van der Waals surface area contributed by atoms with Crippen LogP contribution in [-0.2, 0) is 4.79 Å². The van der Waals surface area contributed by atoms with Crippen LogP contribution in [0.1, 0.15) is 19.8 Å². The number of nitrogens with one attached hydrogen (secondary N) is 1. The van der Waals surface area contributed by atoms with E-state index in [1.165, 1.54) is 4.90 Å². The highest BCUT2D eigenvalue weighted by molar-refractivity contribution is 5.96. The van der Waals surface area contributed by atoms with Gasteiger partial charge in [0.15, 0.2) is 0 Å². The van der Waals surface area contributed by atoms with Crippen LogP contribution in [0.25, 0.3) is 0 Å². The Hall–Kier alpha value is -1.50. The first-order valence-corrected chi connectivity index (χ1v) is 4.25. The maximum Gasteiger partial charge on any atom is 0.325 e. The number of urea groups is 1. The van der Waals surface area contributed by atoms with E-state index < -0.39 is 0 Å². The summed E-state index contributed by atoms with van der Waals surface area (Å²) in [5.41, 5.74) is 0. The number of rotatable bonds is 2. The van der Waals surface area contributed by atoms with Gasteiger partial charge in [0.25, 0.3) is 0 Å². The van der Waals surface area contributed by atoms with Gasteiger partial charge in [-0.05, 0) is 6.42 Å². The first-order chi connectivity index (χ1) is 6.19. The number of hydrogen-bond donors (Lipinski definition) is 1. The van der Waals surface area contributed by atoms with Gasteiger partial charge in [-0.15, -0.1) is 6.42 Å². The number of hydrogen-bond acceptors (Lipinski definition) is 2. The normalized spacial score (nSPS) is 19.2. The van der Waals surface area contributed by atoms with Gasteiger partial charge in [0, 0.05) is 13.0 Å². The molecule has 70 valence electrons. The molecule has 0 aromatic heterocycles. The first-order valence-electron chi connectivity index (χ1n) is 4.25. The van der Waals surface area contributed by atoms with Crippen LogP contribution in [0.3, 0.4) is 0 Å². The van der Waals surface area contributed by atoms with E-state index in [1.54, 1.807) is 0 Å². The van der Waals surface area contributed by atoms with Crippen molar-refractivity contribution in [2.24, 2.45) is 0 Å². The third-order valence-corrected chi connectivity index (χ3v) is 2.04. The number of terminal acetylenes is 1. The number of carbonyl (C=O) groups excluding carboxylic acids is 2. The van der Waals surface area contributed by atoms with Crippen molar-refractivity contribution >= 4 is 11.9 Å². The zero-order valence-electron chi connectivity index (χ0n) is 7.54. The molecule has 1 aliphatic rings. The van der Waals surface area contributed by atoms with Gasteiger partial charge < -0.3 is 4.90 Å². The Labute approximate surface area is 77.3 Å². The fourth-order valence-corrected chi connectivity index (χ4v) is 1.30. The van der Waals surface area contributed by atoms with Crippen LogP contribution in [0.4, 0.5) is 4.79 Å².